The second kappa shape index (κ2) is 13.9. The summed E-state index contributed by atoms with van der Waals surface area (Å²) in [6, 6.07) is 16.6. The molecule has 1 atom stereocenters. The quantitative estimate of drug-likeness (QED) is 0.176. The lowest BCUT2D eigenvalue weighted by molar-refractivity contribution is -0.143. The number of ether oxygens (including phenoxy) is 4. The lowest BCUT2D eigenvalue weighted by atomic mass is 9.96. The number of aromatic carboxylic acids is 1. The molecule has 0 aliphatic carbocycles. The molecule has 0 radical (unpaired) electrons. The fourth-order valence-electron chi connectivity index (χ4n) is 5.03. The Kier molecular flexibility index (Phi) is 9.97. The molecule has 0 amide bonds. The van der Waals surface area contributed by atoms with Crippen molar-refractivity contribution < 1.29 is 33.6 Å². The van der Waals surface area contributed by atoms with Crippen LogP contribution in [0.1, 0.15) is 53.9 Å². The van der Waals surface area contributed by atoms with Crippen molar-refractivity contribution in [3.8, 4) is 17.2 Å². The molecule has 2 heterocycles. The van der Waals surface area contributed by atoms with Gasteiger partial charge in [-0.1, -0.05) is 35.6 Å². The molecule has 1 N–H and O–H groups in total. The SMILES string of the molecule is COc1ccc([C@H]2C(C(=O)OC(C)C)=C(C)N=c3s/c(=C\c4cc(I)c(OCc5cccc(C(=O)O)c5)c(OC)c4)c(=O)n32)cc1. The normalized spacial score (nSPS) is 14.5. The zero-order chi connectivity index (χ0) is 33.1. The number of carboxylic acid groups (broad SMARTS) is 1. The first kappa shape index (κ1) is 32.9. The smallest absolute Gasteiger partial charge is 0.338 e. The lowest BCUT2D eigenvalue weighted by Crippen LogP contribution is -2.40. The Balaban J connectivity index is 1.55. The highest BCUT2D eigenvalue weighted by atomic mass is 127. The van der Waals surface area contributed by atoms with Crippen LogP contribution in [0, 0.1) is 3.57 Å². The van der Waals surface area contributed by atoms with Gasteiger partial charge in [-0.25, -0.2) is 14.6 Å². The summed E-state index contributed by atoms with van der Waals surface area (Å²) < 4.78 is 25.3. The van der Waals surface area contributed by atoms with Gasteiger partial charge in [0, 0.05) is 0 Å². The van der Waals surface area contributed by atoms with E-state index in [1.54, 1.807) is 70.4 Å². The number of nitrogens with zero attached hydrogens (tertiary/aromatic N) is 2. The molecule has 1 aliphatic heterocycles. The summed E-state index contributed by atoms with van der Waals surface area (Å²) in [5.74, 6) is 0.0431. The van der Waals surface area contributed by atoms with Crippen molar-refractivity contribution in [3.63, 3.8) is 0 Å². The third kappa shape index (κ3) is 6.87. The van der Waals surface area contributed by atoms with Crippen molar-refractivity contribution in [2.75, 3.05) is 14.2 Å². The maximum Gasteiger partial charge on any atom is 0.338 e. The van der Waals surface area contributed by atoms with Crippen molar-refractivity contribution in [1.29, 1.82) is 0 Å². The Morgan fingerprint density at radius 2 is 1.83 bits per heavy atom. The number of carboxylic acids is 1. The topological polar surface area (TPSA) is 126 Å². The molecule has 0 spiro atoms. The molecule has 0 fully saturated rings. The van der Waals surface area contributed by atoms with Gasteiger partial charge in [0.2, 0.25) is 0 Å². The van der Waals surface area contributed by atoms with Crippen LogP contribution in [-0.2, 0) is 16.1 Å². The van der Waals surface area contributed by atoms with E-state index in [0.29, 0.717) is 54.5 Å². The van der Waals surface area contributed by atoms with Crippen LogP contribution in [0.2, 0.25) is 0 Å². The molecule has 10 nitrogen and oxygen atoms in total. The summed E-state index contributed by atoms with van der Waals surface area (Å²) in [5.41, 5.74) is 2.75. The Morgan fingerprint density at radius 3 is 2.48 bits per heavy atom. The summed E-state index contributed by atoms with van der Waals surface area (Å²) in [6.07, 6.45) is 1.40. The number of allylic oxidation sites excluding steroid dienone is 1. The van der Waals surface area contributed by atoms with Gasteiger partial charge in [-0.05, 0) is 103 Å². The van der Waals surface area contributed by atoms with Crippen molar-refractivity contribution in [2.45, 2.75) is 39.5 Å². The number of halogens is 1. The van der Waals surface area contributed by atoms with Gasteiger partial charge in [0.25, 0.3) is 5.56 Å². The van der Waals surface area contributed by atoms with Gasteiger partial charge in [0.1, 0.15) is 12.4 Å². The number of carbonyl (C=O) groups is 2. The molecule has 12 heteroatoms. The average Bonchev–Trinajstić information content (AvgIpc) is 3.32. The lowest BCUT2D eigenvalue weighted by Gasteiger charge is -2.25. The van der Waals surface area contributed by atoms with Crippen LogP contribution >= 0.6 is 33.9 Å². The number of carbonyl (C=O) groups excluding carboxylic acids is 1. The van der Waals surface area contributed by atoms with Crippen molar-refractivity contribution in [2.24, 2.45) is 4.99 Å². The molecule has 0 saturated carbocycles. The fraction of sp³-hybridized carbons (Fsp3) is 0.235. The molecule has 238 valence electrons. The number of hydrogen-bond donors (Lipinski definition) is 1. The average molecular weight is 755 g/mol. The molecule has 0 unspecified atom stereocenters. The van der Waals surface area contributed by atoms with Gasteiger partial charge in [-0.15, -0.1) is 0 Å². The van der Waals surface area contributed by atoms with E-state index < -0.39 is 18.0 Å². The fourth-order valence-corrected chi connectivity index (χ4v) is 6.85. The number of methoxy groups -OCH3 is 2. The van der Waals surface area contributed by atoms with Crippen LogP contribution in [0.15, 0.2) is 81.7 Å². The Morgan fingerprint density at radius 1 is 1.09 bits per heavy atom. The van der Waals surface area contributed by atoms with Crippen LogP contribution in [0.3, 0.4) is 0 Å². The van der Waals surface area contributed by atoms with Gasteiger partial charge >= 0.3 is 11.9 Å². The Hall–Kier alpha value is -4.43. The van der Waals surface area contributed by atoms with E-state index in [0.717, 1.165) is 3.57 Å². The first-order valence-electron chi connectivity index (χ1n) is 14.2. The molecule has 4 aromatic rings. The Labute approximate surface area is 282 Å². The minimum absolute atomic E-state index is 0.137. The van der Waals surface area contributed by atoms with Gasteiger partial charge in [0.05, 0.1) is 51.3 Å². The third-order valence-electron chi connectivity index (χ3n) is 7.12. The zero-order valence-electron chi connectivity index (χ0n) is 25.7. The molecular weight excluding hydrogens is 723 g/mol. The van der Waals surface area contributed by atoms with Crippen LogP contribution in [-0.4, -0.2) is 41.9 Å². The van der Waals surface area contributed by atoms with Crippen molar-refractivity contribution in [1.82, 2.24) is 4.57 Å². The highest BCUT2D eigenvalue weighted by molar-refractivity contribution is 14.1. The predicted octanol–water partition coefficient (Wildman–Crippen LogP) is 5.09. The van der Waals surface area contributed by atoms with E-state index in [1.165, 1.54) is 29.1 Å². The number of esters is 1. The third-order valence-corrected chi connectivity index (χ3v) is 8.91. The summed E-state index contributed by atoms with van der Waals surface area (Å²) >= 11 is 3.36. The summed E-state index contributed by atoms with van der Waals surface area (Å²) in [7, 11) is 3.10. The van der Waals surface area contributed by atoms with Crippen LogP contribution in [0.5, 0.6) is 17.2 Å². The van der Waals surface area contributed by atoms with E-state index in [4.69, 9.17) is 18.9 Å². The van der Waals surface area contributed by atoms with E-state index in [-0.39, 0.29) is 23.8 Å². The first-order chi connectivity index (χ1) is 22.0. The second-order valence-corrected chi connectivity index (χ2v) is 12.8. The zero-order valence-corrected chi connectivity index (χ0v) is 28.7. The van der Waals surface area contributed by atoms with Crippen LogP contribution < -0.4 is 29.1 Å². The predicted molar refractivity (Wildman–Crippen MR) is 181 cm³/mol. The van der Waals surface area contributed by atoms with Gasteiger partial charge < -0.3 is 24.1 Å². The van der Waals surface area contributed by atoms with E-state index in [1.807, 2.05) is 18.2 Å². The summed E-state index contributed by atoms with van der Waals surface area (Å²) in [4.78, 5) is 43.8. The molecule has 46 heavy (non-hydrogen) atoms. The number of rotatable bonds is 10. The highest BCUT2D eigenvalue weighted by Crippen LogP contribution is 2.35. The molecule has 0 saturated heterocycles. The molecule has 5 rings (SSSR count). The summed E-state index contributed by atoms with van der Waals surface area (Å²) in [5, 5.41) is 9.30. The molecule has 1 aliphatic rings. The monoisotopic (exact) mass is 754 g/mol. The minimum Gasteiger partial charge on any atom is -0.497 e. The van der Waals surface area contributed by atoms with Gasteiger partial charge in [-0.3, -0.25) is 9.36 Å². The molecule has 3 aromatic carbocycles. The number of aromatic nitrogens is 1. The van der Waals surface area contributed by atoms with Gasteiger partial charge in [-0.2, -0.15) is 0 Å². The molecular formula is C34H31IN2O8S. The number of fused-ring (bicyclic) bond motifs is 1. The number of hydrogen-bond acceptors (Lipinski definition) is 9. The first-order valence-corrected chi connectivity index (χ1v) is 16.1. The number of benzene rings is 3. The highest BCUT2D eigenvalue weighted by Gasteiger charge is 2.34. The maximum atomic E-state index is 14.0. The standard InChI is InChI=1S/C34H31IN2O8S/c1-18(2)45-33(41)28-19(3)36-34-37(29(28)22-9-11-24(42-4)12-10-22)31(38)27(46-34)16-21-14-25(35)30(26(15-21)43-5)44-17-20-7-6-8-23(13-20)32(39)40/h6-16,18,29H,17H2,1-5H3,(H,39,40)/b27-16-/t29-/m0/s1. The second-order valence-electron chi connectivity index (χ2n) is 10.6. The number of thiazole rings is 1. The van der Waals surface area contributed by atoms with E-state index in [9.17, 15) is 19.5 Å². The molecule has 0 bridgehead atoms. The van der Waals surface area contributed by atoms with Crippen LogP contribution in [0.4, 0.5) is 0 Å². The Bertz CT molecular complexity index is 2030. The van der Waals surface area contributed by atoms with Crippen molar-refractivity contribution >= 4 is 51.9 Å². The maximum absolute atomic E-state index is 14.0. The summed E-state index contributed by atoms with van der Waals surface area (Å²) in [6.45, 7) is 5.43. The van der Waals surface area contributed by atoms with E-state index in [2.05, 4.69) is 27.6 Å². The van der Waals surface area contributed by atoms with Gasteiger partial charge in [0.15, 0.2) is 16.3 Å². The minimum atomic E-state index is -1.01. The largest absolute Gasteiger partial charge is 0.497 e. The van der Waals surface area contributed by atoms with Crippen molar-refractivity contribution in [3.05, 3.63) is 117 Å². The van der Waals surface area contributed by atoms with E-state index >= 15 is 0 Å². The van der Waals surface area contributed by atoms with Crippen LogP contribution in [0.25, 0.3) is 6.08 Å². The molecule has 1 aromatic heterocycles.